The Bertz CT molecular complexity index is 1400. The number of nitrogens with one attached hydrogen (secondary N) is 1. The highest BCUT2D eigenvalue weighted by molar-refractivity contribution is 7.89. The minimum Gasteiger partial charge on any atom is -0.352 e. The van der Waals surface area contributed by atoms with Crippen molar-refractivity contribution in [2.24, 2.45) is 5.92 Å². The van der Waals surface area contributed by atoms with E-state index in [9.17, 15) is 26.4 Å². The average molecular weight is 573 g/mol. The number of alkyl halides is 3. The molecular formula is C29H31F3N4O3S. The Hall–Kier alpha value is -3.44. The molecule has 0 bridgehead atoms. The number of aromatic nitrogens is 1. The molecule has 0 unspecified atom stereocenters. The van der Waals surface area contributed by atoms with Gasteiger partial charge in [-0.2, -0.15) is 13.2 Å². The van der Waals surface area contributed by atoms with Crippen LogP contribution < -0.4 is 9.62 Å². The fraction of sp³-hybridized carbons (Fsp3) is 0.379. The van der Waals surface area contributed by atoms with Crippen molar-refractivity contribution in [2.75, 3.05) is 24.5 Å². The van der Waals surface area contributed by atoms with Gasteiger partial charge in [0.2, 0.25) is 15.9 Å². The molecule has 2 heterocycles. The van der Waals surface area contributed by atoms with Crippen molar-refractivity contribution in [3.63, 3.8) is 0 Å². The third-order valence-electron chi connectivity index (χ3n) is 7.71. The van der Waals surface area contributed by atoms with E-state index in [-0.39, 0.29) is 28.8 Å². The molecule has 11 heteroatoms. The lowest BCUT2D eigenvalue weighted by Gasteiger charge is -2.44. The van der Waals surface area contributed by atoms with E-state index in [4.69, 9.17) is 0 Å². The molecule has 1 aliphatic heterocycles. The zero-order valence-electron chi connectivity index (χ0n) is 21.8. The summed E-state index contributed by atoms with van der Waals surface area (Å²) in [7, 11) is -3.98. The molecule has 212 valence electrons. The zero-order chi connectivity index (χ0) is 28.3. The molecule has 1 saturated carbocycles. The molecule has 2 aromatic carbocycles. The fourth-order valence-electron chi connectivity index (χ4n) is 5.56. The Kier molecular flexibility index (Phi) is 8.14. The summed E-state index contributed by atoms with van der Waals surface area (Å²) in [6.45, 7) is 1.83. The summed E-state index contributed by atoms with van der Waals surface area (Å²) < 4.78 is 66.7. The Morgan fingerprint density at radius 2 is 1.55 bits per heavy atom. The number of sulfonamides is 1. The van der Waals surface area contributed by atoms with E-state index in [0.29, 0.717) is 45.3 Å². The van der Waals surface area contributed by atoms with Crippen molar-refractivity contribution in [1.29, 1.82) is 0 Å². The monoisotopic (exact) mass is 572 g/mol. The van der Waals surface area contributed by atoms with Crippen LogP contribution in [0.2, 0.25) is 0 Å². The van der Waals surface area contributed by atoms with Gasteiger partial charge in [-0.1, -0.05) is 36.4 Å². The molecule has 2 fully saturated rings. The van der Waals surface area contributed by atoms with Crippen molar-refractivity contribution in [3.8, 4) is 0 Å². The van der Waals surface area contributed by atoms with E-state index in [1.165, 1.54) is 0 Å². The zero-order valence-corrected chi connectivity index (χ0v) is 22.6. The second-order valence-corrected chi connectivity index (χ2v) is 12.0. The number of piperazine rings is 1. The third-order valence-corrected chi connectivity index (χ3v) is 9.25. The van der Waals surface area contributed by atoms with Crippen molar-refractivity contribution < 1.29 is 26.4 Å². The number of rotatable bonds is 6. The van der Waals surface area contributed by atoms with Crippen LogP contribution in [0, 0.1) is 5.92 Å². The molecule has 5 rings (SSSR count). The molecule has 3 aromatic rings. The van der Waals surface area contributed by atoms with Gasteiger partial charge < -0.3 is 9.80 Å². The largest absolute Gasteiger partial charge is 0.416 e. The van der Waals surface area contributed by atoms with Crippen LogP contribution in [-0.2, 0) is 21.0 Å². The normalized spacial score (nSPS) is 22.2. The number of hydrogen-bond donors (Lipinski definition) is 1. The van der Waals surface area contributed by atoms with Crippen molar-refractivity contribution in [3.05, 3.63) is 90.1 Å². The molecule has 1 amide bonds. The second-order valence-electron chi connectivity index (χ2n) is 10.3. The van der Waals surface area contributed by atoms with E-state index < -0.39 is 21.8 Å². The number of anilines is 1. The fourth-order valence-corrected chi connectivity index (χ4v) is 6.86. The average Bonchev–Trinajstić information content (AvgIpc) is 2.97. The van der Waals surface area contributed by atoms with E-state index in [2.05, 4.69) is 14.6 Å². The smallest absolute Gasteiger partial charge is 0.352 e. The van der Waals surface area contributed by atoms with Crippen LogP contribution in [0.15, 0.2) is 83.9 Å². The van der Waals surface area contributed by atoms with E-state index in [1.807, 2.05) is 53.4 Å². The summed E-state index contributed by atoms with van der Waals surface area (Å²) in [6, 6.07) is 18.7. The first-order valence-corrected chi connectivity index (χ1v) is 14.8. The first-order valence-electron chi connectivity index (χ1n) is 13.3. The van der Waals surface area contributed by atoms with Crippen molar-refractivity contribution in [1.82, 2.24) is 14.6 Å². The highest BCUT2D eigenvalue weighted by atomic mass is 32.2. The van der Waals surface area contributed by atoms with Crippen LogP contribution in [0.3, 0.4) is 0 Å². The summed E-state index contributed by atoms with van der Waals surface area (Å²) >= 11 is 0. The highest BCUT2D eigenvalue weighted by Gasteiger charge is 2.37. The maximum atomic E-state index is 13.8. The lowest BCUT2D eigenvalue weighted by atomic mass is 9.85. The third kappa shape index (κ3) is 6.31. The number of carbonyl (C=O) groups is 1. The minimum absolute atomic E-state index is 0.0681. The predicted octanol–water partition coefficient (Wildman–Crippen LogP) is 5.03. The molecule has 1 aliphatic carbocycles. The molecule has 1 aromatic heterocycles. The number of benzene rings is 2. The predicted molar refractivity (Wildman–Crippen MR) is 145 cm³/mol. The number of amides is 1. The number of halogens is 3. The molecule has 1 saturated heterocycles. The van der Waals surface area contributed by atoms with Gasteiger partial charge >= 0.3 is 6.18 Å². The first-order chi connectivity index (χ1) is 19.1. The molecule has 2 aliphatic rings. The summed E-state index contributed by atoms with van der Waals surface area (Å²) in [4.78, 5) is 22.2. The molecule has 0 spiro atoms. The number of carbonyl (C=O) groups excluding carboxylic acids is 1. The Morgan fingerprint density at radius 3 is 2.17 bits per heavy atom. The Morgan fingerprint density at radius 1 is 0.875 bits per heavy atom. The summed E-state index contributed by atoms with van der Waals surface area (Å²) in [5, 5.41) is 0. The van der Waals surface area contributed by atoms with Gasteiger partial charge in [0.1, 0.15) is 5.82 Å². The van der Waals surface area contributed by atoms with Crippen LogP contribution in [-0.4, -0.2) is 49.9 Å². The number of pyridine rings is 1. The highest BCUT2D eigenvalue weighted by Crippen LogP contribution is 2.34. The molecule has 0 radical (unpaired) electrons. The van der Waals surface area contributed by atoms with Gasteiger partial charge in [0.25, 0.3) is 0 Å². The maximum absolute atomic E-state index is 13.8. The van der Waals surface area contributed by atoms with E-state index >= 15 is 0 Å². The van der Waals surface area contributed by atoms with Crippen LogP contribution in [0.1, 0.15) is 42.9 Å². The number of hydrogen-bond acceptors (Lipinski definition) is 5. The van der Waals surface area contributed by atoms with Gasteiger partial charge in [-0.3, -0.25) is 4.79 Å². The van der Waals surface area contributed by atoms with Crippen LogP contribution in [0.5, 0.6) is 0 Å². The van der Waals surface area contributed by atoms with Crippen LogP contribution in [0.25, 0.3) is 0 Å². The Labute approximate surface area is 232 Å². The van der Waals surface area contributed by atoms with Gasteiger partial charge in [0.05, 0.1) is 16.5 Å². The van der Waals surface area contributed by atoms with E-state index in [1.54, 1.807) is 6.20 Å². The molecule has 40 heavy (non-hydrogen) atoms. The van der Waals surface area contributed by atoms with Gasteiger partial charge in [-0.05, 0) is 67.6 Å². The van der Waals surface area contributed by atoms with Crippen molar-refractivity contribution >= 4 is 21.7 Å². The Balaban J connectivity index is 1.23. The molecule has 7 nitrogen and oxygen atoms in total. The summed E-state index contributed by atoms with van der Waals surface area (Å²) in [5.41, 5.74) is 0.148. The van der Waals surface area contributed by atoms with Crippen LogP contribution >= 0.6 is 0 Å². The van der Waals surface area contributed by atoms with Gasteiger partial charge in [-0.25, -0.2) is 18.1 Å². The lowest BCUT2D eigenvalue weighted by molar-refractivity contribution is -0.140. The van der Waals surface area contributed by atoms with Gasteiger partial charge in [-0.15, -0.1) is 0 Å². The quantitative estimate of drug-likeness (QED) is 0.448. The summed E-state index contributed by atoms with van der Waals surface area (Å²) in [6.07, 6.45) is -0.776. The van der Waals surface area contributed by atoms with Crippen LogP contribution in [0.4, 0.5) is 19.0 Å². The topological polar surface area (TPSA) is 82.6 Å². The molecule has 1 atom stereocenters. The van der Waals surface area contributed by atoms with E-state index in [0.717, 1.165) is 35.6 Å². The van der Waals surface area contributed by atoms with Crippen molar-refractivity contribution in [2.45, 2.75) is 48.8 Å². The molecule has 1 N–H and O–H groups in total. The SMILES string of the molecule is O=C(C1CCC(NS(=O)(=O)c2ccc(C(F)(F)F)cc2)CC1)N1CCN(c2ccccn2)C[C@@H]1c1ccccc1. The standard InChI is InChI=1S/C29H31F3N4O3S/c30-29(31,32)23-11-15-25(16-12-23)40(38,39)34-24-13-9-22(10-14-24)28(37)36-19-18-35(27-8-4-5-17-33-27)20-26(36)21-6-2-1-3-7-21/h1-8,11-12,15-17,22,24,26,34H,9-10,13-14,18-20H2/t22?,24?,26-/m1/s1. The summed E-state index contributed by atoms with van der Waals surface area (Å²) in [5.74, 6) is 0.717. The first kappa shape index (κ1) is 28.1. The van der Waals surface area contributed by atoms with Gasteiger partial charge in [0, 0.05) is 37.8 Å². The maximum Gasteiger partial charge on any atom is 0.416 e. The minimum atomic E-state index is -4.54. The second kappa shape index (κ2) is 11.6. The molecular weight excluding hydrogens is 541 g/mol. The van der Waals surface area contributed by atoms with Gasteiger partial charge in [0.15, 0.2) is 0 Å². The lowest BCUT2D eigenvalue weighted by Crippen LogP contribution is -2.53. The number of nitrogens with zero attached hydrogens (tertiary/aromatic N) is 3.